The summed E-state index contributed by atoms with van der Waals surface area (Å²) >= 11 is 0. The molecule has 0 aliphatic carbocycles. The summed E-state index contributed by atoms with van der Waals surface area (Å²) in [4.78, 5) is 24.1. The molecule has 3 rings (SSSR count). The molecule has 3 aromatic carbocycles. The highest BCUT2D eigenvalue weighted by Crippen LogP contribution is 2.31. The third kappa shape index (κ3) is 8.40. The number of nitro benzene ring substituents is 1. The van der Waals surface area contributed by atoms with Crippen LogP contribution >= 0.6 is 0 Å². The number of hydrogen-bond donors (Lipinski definition) is 0. The van der Waals surface area contributed by atoms with Gasteiger partial charge in [0.2, 0.25) is 5.91 Å². The van der Waals surface area contributed by atoms with E-state index in [1.165, 1.54) is 42.5 Å². The van der Waals surface area contributed by atoms with Crippen molar-refractivity contribution in [2.45, 2.75) is 31.5 Å². The average molecular weight is 563 g/mol. The number of rotatable bonds is 10. The summed E-state index contributed by atoms with van der Waals surface area (Å²) in [7, 11) is -4.51. The molecule has 12 heteroatoms. The number of hydrogen-bond acceptors (Lipinski definition) is 6. The van der Waals surface area contributed by atoms with Crippen molar-refractivity contribution >= 4 is 27.8 Å². The number of carbonyl (C=O) groups excluding carboxylic acids is 1. The molecule has 0 unspecified atom stereocenters. The zero-order valence-electron chi connectivity index (χ0n) is 21.0. The number of alkyl halides is 3. The number of non-ortho nitro benzene ring substituents is 1. The first-order valence-corrected chi connectivity index (χ1v) is 13.1. The van der Waals surface area contributed by atoms with E-state index in [9.17, 15) is 36.5 Å². The zero-order valence-corrected chi connectivity index (χ0v) is 21.8. The monoisotopic (exact) mass is 562 g/mol. The van der Waals surface area contributed by atoms with Crippen molar-refractivity contribution in [1.82, 2.24) is 4.90 Å². The standard InChI is InChI=1S/C27H25F3N2O6S/c1-19(2)17-31(26(33)15-10-20-6-11-23(12-7-20)32(34)35)18-21-8-13-24(14-9-21)38-39(36,37)25-5-3-4-22(16-25)27(28,29)30/h3-16,19H,17-18H2,1-2H3. The minimum Gasteiger partial charge on any atom is -0.379 e. The van der Waals surface area contributed by atoms with Gasteiger partial charge in [-0.2, -0.15) is 21.6 Å². The number of halogens is 3. The van der Waals surface area contributed by atoms with Crippen LogP contribution in [0.4, 0.5) is 18.9 Å². The minimum absolute atomic E-state index is 0.0602. The van der Waals surface area contributed by atoms with E-state index >= 15 is 0 Å². The Hall–Kier alpha value is -4.19. The van der Waals surface area contributed by atoms with Gasteiger partial charge >= 0.3 is 16.3 Å². The molecular formula is C27H25F3N2O6S. The largest absolute Gasteiger partial charge is 0.416 e. The van der Waals surface area contributed by atoms with Crippen molar-refractivity contribution in [1.29, 1.82) is 0 Å². The molecule has 1 amide bonds. The molecule has 3 aromatic rings. The Morgan fingerprint density at radius 1 is 1.05 bits per heavy atom. The van der Waals surface area contributed by atoms with Gasteiger partial charge < -0.3 is 9.08 Å². The maximum absolute atomic E-state index is 13.0. The van der Waals surface area contributed by atoms with Gasteiger partial charge in [0.25, 0.3) is 5.69 Å². The van der Waals surface area contributed by atoms with E-state index in [0.29, 0.717) is 23.7 Å². The molecule has 8 nitrogen and oxygen atoms in total. The molecule has 0 aromatic heterocycles. The Morgan fingerprint density at radius 2 is 1.69 bits per heavy atom. The van der Waals surface area contributed by atoms with Gasteiger partial charge in [-0.3, -0.25) is 14.9 Å². The number of amides is 1. The van der Waals surface area contributed by atoms with Crippen LogP contribution in [0.3, 0.4) is 0 Å². The molecule has 0 saturated heterocycles. The van der Waals surface area contributed by atoms with Crippen LogP contribution in [0.1, 0.15) is 30.5 Å². The van der Waals surface area contributed by atoms with Crippen molar-refractivity contribution in [2.24, 2.45) is 5.92 Å². The van der Waals surface area contributed by atoms with Crippen molar-refractivity contribution in [3.8, 4) is 5.75 Å². The SMILES string of the molecule is CC(C)CN(Cc1ccc(OS(=O)(=O)c2cccc(C(F)(F)F)c2)cc1)C(=O)C=Cc1ccc([N+](=O)[O-])cc1. The van der Waals surface area contributed by atoms with Crippen LogP contribution in [0.2, 0.25) is 0 Å². The van der Waals surface area contributed by atoms with Crippen LogP contribution in [-0.2, 0) is 27.6 Å². The first-order valence-electron chi connectivity index (χ1n) is 11.7. The lowest BCUT2D eigenvalue weighted by atomic mass is 10.1. The van der Waals surface area contributed by atoms with E-state index in [-0.39, 0.29) is 29.8 Å². The maximum Gasteiger partial charge on any atom is 0.416 e. The van der Waals surface area contributed by atoms with Gasteiger partial charge in [0.05, 0.1) is 10.5 Å². The Bertz CT molecular complexity index is 1450. The fraction of sp³-hybridized carbons (Fsp3) is 0.222. The molecule has 0 fully saturated rings. The third-order valence-electron chi connectivity index (χ3n) is 5.37. The summed E-state index contributed by atoms with van der Waals surface area (Å²) in [5.74, 6) is -0.257. The van der Waals surface area contributed by atoms with Crippen LogP contribution in [0.5, 0.6) is 5.75 Å². The molecule has 206 valence electrons. The zero-order chi connectivity index (χ0) is 28.8. The predicted octanol–water partition coefficient (Wildman–Crippen LogP) is 6.08. The first-order chi connectivity index (χ1) is 18.2. The second-order valence-electron chi connectivity index (χ2n) is 9.00. The summed E-state index contributed by atoms with van der Waals surface area (Å²) in [6.07, 6.45) is -1.79. The molecule has 0 atom stereocenters. The van der Waals surface area contributed by atoms with E-state index in [1.54, 1.807) is 23.1 Å². The minimum atomic E-state index is -4.70. The molecule has 0 N–H and O–H groups in total. The highest BCUT2D eigenvalue weighted by atomic mass is 32.2. The van der Waals surface area contributed by atoms with Crippen molar-refractivity contribution in [3.63, 3.8) is 0 Å². The molecule has 0 heterocycles. The van der Waals surface area contributed by atoms with E-state index in [1.807, 2.05) is 13.8 Å². The fourth-order valence-electron chi connectivity index (χ4n) is 3.53. The van der Waals surface area contributed by atoms with Gasteiger partial charge in [-0.15, -0.1) is 0 Å². The van der Waals surface area contributed by atoms with Crippen LogP contribution in [0.15, 0.2) is 83.8 Å². The summed E-state index contributed by atoms with van der Waals surface area (Å²) in [6, 6.07) is 14.8. The van der Waals surface area contributed by atoms with Gasteiger partial charge in [0, 0.05) is 31.3 Å². The second kappa shape index (κ2) is 12.1. The molecule has 39 heavy (non-hydrogen) atoms. The summed E-state index contributed by atoms with van der Waals surface area (Å²) in [5, 5.41) is 10.8. The van der Waals surface area contributed by atoms with E-state index in [4.69, 9.17) is 4.18 Å². The van der Waals surface area contributed by atoms with Crippen LogP contribution in [-0.4, -0.2) is 30.7 Å². The number of nitro groups is 1. The molecular weight excluding hydrogens is 537 g/mol. The van der Waals surface area contributed by atoms with Gasteiger partial charge in [0.1, 0.15) is 10.6 Å². The molecule has 0 aliphatic rings. The fourth-order valence-corrected chi connectivity index (χ4v) is 4.50. The predicted molar refractivity (Wildman–Crippen MR) is 138 cm³/mol. The normalized spacial score (nSPS) is 12.1. The van der Waals surface area contributed by atoms with Gasteiger partial charge in [-0.25, -0.2) is 0 Å². The molecule has 0 spiro atoms. The van der Waals surface area contributed by atoms with Crippen LogP contribution in [0.25, 0.3) is 6.08 Å². The highest BCUT2D eigenvalue weighted by molar-refractivity contribution is 7.87. The summed E-state index contributed by atoms with van der Waals surface area (Å²) in [6.45, 7) is 4.50. The molecule has 0 radical (unpaired) electrons. The third-order valence-corrected chi connectivity index (χ3v) is 6.62. The maximum atomic E-state index is 13.0. The summed E-state index contributed by atoms with van der Waals surface area (Å²) in [5.41, 5.74) is 0.105. The van der Waals surface area contributed by atoms with Gasteiger partial charge in [-0.05, 0) is 65.6 Å². The number of benzene rings is 3. The molecule has 0 saturated carbocycles. The van der Waals surface area contributed by atoms with Crippen molar-refractivity contribution in [2.75, 3.05) is 6.54 Å². The smallest absolute Gasteiger partial charge is 0.379 e. The average Bonchev–Trinajstić information content (AvgIpc) is 2.87. The Labute approximate surface area is 223 Å². The molecule has 0 aliphatic heterocycles. The van der Waals surface area contributed by atoms with E-state index in [0.717, 1.165) is 18.2 Å². The molecule has 0 bridgehead atoms. The Morgan fingerprint density at radius 3 is 2.26 bits per heavy atom. The van der Waals surface area contributed by atoms with Gasteiger partial charge in [0.15, 0.2) is 0 Å². The summed E-state index contributed by atoms with van der Waals surface area (Å²) < 4.78 is 68.9. The van der Waals surface area contributed by atoms with E-state index in [2.05, 4.69) is 0 Å². The van der Waals surface area contributed by atoms with Crippen molar-refractivity contribution in [3.05, 3.63) is 106 Å². The lowest BCUT2D eigenvalue weighted by Crippen LogP contribution is -2.32. The van der Waals surface area contributed by atoms with Gasteiger partial charge in [-0.1, -0.05) is 32.0 Å². The van der Waals surface area contributed by atoms with Crippen molar-refractivity contribution < 1.29 is 35.5 Å². The number of carbonyl (C=O) groups is 1. The highest BCUT2D eigenvalue weighted by Gasteiger charge is 2.32. The number of nitrogens with zero attached hydrogens (tertiary/aromatic N) is 2. The second-order valence-corrected chi connectivity index (χ2v) is 10.5. The van der Waals surface area contributed by atoms with E-state index < -0.39 is 31.7 Å². The topological polar surface area (TPSA) is 107 Å². The Kier molecular flexibility index (Phi) is 9.12. The lowest BCUT2D eigenvalue weighted by Gasteiger charge is -2.23. The Balaban J connectivity index is 1.71. The van der Waals surface area contributed by atoms with Crippen LogP contribution in [0, 0.1) is 16.0 Å². The first kappa shape index (κ1) is 29.4. The van der Waals surface area contributed by atoms with Crippen LogP contribution < -0.4 is 4.18 Å². The quantitative estimate of drug-likeness (QED) is 0.128. The lowest BCUT2D eigenvalue weighted by molar-refractivity contribution is -0.384.